The summed E-state index contributed by atoms with van der Waals surface area (Å²) in [5.74, 6) is 0.768. The molecule has 3 atom stereocenters. The normalized spacial score (nSPS) is 22.2. The molecular formula is C26H33NS. The second kappa shape index (κ2) is 9.19. The van der Waals surface area contributed by atoms with Crippen molar-refractivity contribution in [2.75, 3.05) is 0 Å². The highest BCUT2D eigenvalue weighted by molar-refractivity contribution is 8.00. The van der Waals surface area contributed by atoms with E-state index in [0.717, 1.165) is 25.7 Å². The van der Waals surface area contributed by atoms with Gasteiger partial charge in [0.05, 0.1) is 6.07 Å². The number of aryl methyl sites for hydroxylation is 2. The van der Waals surface area contributed by atoms with Gasteiger partial charge in [-0.1, -0.05) is 64.1 Å². The quantitative estimate of drug-likeness (QED) is 0.531. The topological polar surface area (TPSA) is 23.8 Å². The minimum atomic E-state index is 0.194. The Morgan fingerprint density at radius 3 is 2.43 bits per heavy atom. The fourth-order valence-corrected chi connectivity index (χ4v) is 5.93. The minimum Gasteiger partial charge on any atom is -0.198 e. The Bertz CT molecular complexity index is 844. The van der Waals surface area contributed by atoms with Crippen LogP contribution in [-0.4, -0.2) is 5.25 Å². The van der Waals surface area contributed by atoms with Crippen molar-refractivity contribution in [2.45, 2.75) is 76.7 Å². The van der Waals surface area contributed by atoms with Gasteiger partial charge in [0.25, 0.3) is 0 Å². The largest absolute Gasteiger partial charge is 0.198 e. The number of hydrogen-bond acceptors (Lipinski definition) is 2. The van der Waals surface area contributed by atoms with E-state index < -0.39 is 0 Å². The molecular weight excluding hydrogens is 358 g/mol. The molecule has 28 heavy (non-hydrogen) atoms. The van der Waals surface area contributed by atoms with E-state index in [1.54, 1.807) is 0 Å². The lowest BCUT2D eigenvalue weighted by atomic mass is 9.88. The summed E-state index contributed by atoms with van der Waals surface area (Å²) in [5.41, 5.74) is 8.52. The van der Waals surface area contributed by atoms with Crippen LogP contribution in [0.25, 0.3) is 0 Å². The van der Waals surface area contributed by atoms with Crippen molar-refractivity contribution >= 4 is 11.8 Å². The van der Waals surface area contributed by atoms with Gasteiger partial charge in [-0.2, -0.15) is 17.0 Å². The van der Waals surface area contributed by atoms with Crippen molar-refractivity contribution < 1.29 is 0 Å². The molecule has 1 saturated heterocycles. The Morgan fingerprint density at radius 1 is 1.11 bits per heavy atom. The Morgan fingerprint density at radius 2 is 1.82 bits per heavy atom. The molecule has 0 aliphatic carbocycles. The van der Waals surface area contributed by atoms with E-state index in [4.69, 9.17) is 0 Å². The standard InChI is InChI=1S/C26H33NS/c1-6-22-11-18(4)24(13-20-7-9-23(10-8-20)17(2)3)15-25(22)26-14-21(16-27)12-19(5)28-26/h7-11,15,17,19,21,26H,6,12-14H2,1-5H3. The zero-order valence-electron chi connectivity index (χ0n) is 18.0. The molecule has 2 heteroatoms. The first-order valence-corrected chi connectivity index (χ1v) is 11.6. The fourth-order valence-electron chi connectivity index (χ4n) is 4.32. The summed E-state index contributed by atoms with van der Waals surface area (Å²) in [6, 6.07) is 16.5. The first kappa shape index (κ1) is 21.0. The maximum atomic E-state index is 9.50. The average Bonchev–Trinajstić information content (AvgIpc) is 2.69. The van der Waals surface area contributed by atoms with Crippen LogP contribution in [0.15, 0.2) is 36.4 Å². The lowest BCUT2D eigenvalue weighted by Crippen LogP contribution is -2.18. The van der Waals surface area contributed by atoms with Crippen LogP contribution in [-0.2, 0) is 12.8 Å². The van der Waals surface area contributed by atoms with Crippen LogP contribution >= 0.6 is 11.8 Å². The van der Waals surface area contributed by atoms with Gasteiger partial charge in [-0.3, -0.25) is 0 Å². The van der Waals surface area contributed by atoms with Gasteiger partial charge < -0.3 is 0 Å². The van der Waals surface area contributed by atoms with Crippen molar-refractivity contribution in [1.29, 1.82) is 5.26 Å². The number of hydrogen-bond donors (Lipinski definition) is 0. The Balaban J connectivity index is 1.90. The fraction of sp³-hybridized carbons (Fsp3) is 0.500. The molecule has 3 rings (SSSR count). The Hall–Kier alpha value is -1.72. The van der Waals surface area contributed by atoms with Crippen LogP contribution in [0.4, 0.5) is 0 Å². The minimum absolute atomic E-state index is 0.194. The maximum Gasteiger partial charge on any atom is 0.0656 e. The second-order valence-corrected chi connectivity index (χ2v) is 10.3. The molecule has 1 heterocycles. The molecule has 1 aliphatic rings. The van der Waals surface area contributed by atoms with Crippen LogP contribution in [0.1, 0.15) is 85.1 Å². The van der Waals surface area contributed by atoms with Gasteiger partial charge >= 0.3 is 0 Å². The number of nitrogens with zero attached hydrogens (tertiary/aromatic N) is 1. The van der Waals surface area contributed by atoms with Crippen LogP contribution in [0.2, 0.25) is 0 Å². The van der Waals surface area contributed by atoms with Crippen LogP contribution in [0.5, 0.6) is 0 Å². The van der Waals surface area contributed by atoms with Crippen LogP contribution < -0.4 is 0 Å². The monoisotopic (exact) mass is 391 g/mol. The smallest absolute Gasteiger partial charge is 0.0656 e. The number of rotatable bonds is 5. The summed E-state index contributed by atoms with van der Waals surface area (Å²) in [7, 11) is 0. The third kappa shape index (κ3) is 4.81. The lowest BCUT2D eigenvalue weighted by Gasteiger charge is -2.31. The molecule has 0 bridgehead atoms. The van der Waals surface area contributed by atoms with Gasteiger partial charge in [-0.25, -0.2) is 0 Å². The molecule has 0 amide bonds. The molecule has 2 aromatic carbocycles. The molecule has 0 radical (unpaired) electrons. The van der Waals surface area contributed by atoms with Crippen LogP contribution in [0.3, 0.4) is 0 Å². The SMILES string of the molecule is CCc1cc(C)c(Cc2ccc(C(C)C)cc2)cc1C1CC(C#N)CC(C)S1. The molecule has 0 saturated carbocycles. The summed E-state index contributed by atoms with van der Waals surface area (Å²) in [4.78, 5) is 0. The molecule has 3 unspecified atom stereocenters. The number of benzene rings is 2. The third-order valence-corrected chi connectivity index (χ3v) is 7.49. The highest BCUT2D eigenvalue weighted by Crippen LogP contribution is 2.46. The van der Waals surface area contributed by atoms with E-state index in [0.29, 0.717) is 16.4 Å². The molecule has 1 nitrogen and oxygen atoms in total. The van der Waals surface area contributed by atoms with Gasteiger partial charge in [0.2, 0.25) is 0 Å². The zero-order valence-corrected chi connectivity index (χ0v) is 18.8. The van der Waals surface area contributed by atoms with E-state index >= 15 is 0 Å². The number of nitriles is 1. The van der Waals surface area contributed by atoms with Crippen molar-refractivity contribution in [2.24, 2.45) is 5.92 Å². The zero-order chi connectivity index (χ0) is 20.3. The van der Waals surface area contributed by atoms with Crippen molar-refractivity contribution in [3.8, 4) is 6.07 Å². The Labute approximate surface area is 175 Å². The Kier molecular flexibility index (Phi) is 6.89. The molecule has 0 spiro atoms. The molecule has 148 valence electrons. The van der Waals surface area contributed by atoms with Crippen LogP contribution in [0, 0.1) is 24.2 Å². The lowest BCUT2D eigenvalue weighted by molar-refractivity contribution is 0.523. The van der Waals surface area contributed by atoms with E-state index in [9.17, 15) is 5.26 Å². The third-order valence-electron chi connectivity index (χ3n) is 6.06. The highest BCUT2D eigenvalue weighted by atomic mass is 32.2. The molecule has 2 aromatic rings. The predicted molar refractivity (Wildman–Crippen MR) is 122 cm³/mol. The summed E-state index contributed by atoms with van der Waals surface area (Å²) in [6.07, 6.45) is 4.06. The van der Waals surface area contributed by atoms with Gasteiger partial charge in [-0.05, 0) is 71.9 Å². The predicted octanol–water partition coefficient (Wildman–Crippen LogP) is 7.37. The summed E-state index contributed by atoms with van der Waals surface area (Å²) >= 11 is 2.06. The average molecular weight is 392 g/mol. The summed E-state index contributed by atoms with van der Waals surface area (Å²) in [5, 5.41) is 10.5. The highest BCUT2D eigenvalue weighted by Gasteiger charge is 2.29. The van der Waals surface area contributed by atoms with Gasteiger partial charge in [0.15, 0.2) is 0 Å². The summed E-state index contributed by atoms with van der Waals surface area (Å²) in [6.45, 7) is 11.3. The van der Waals surface area contributed by atoms with Gasteiger partial charge in [-0.15, -0.1) is 0 Å². The molecule has 0 N–H and O–H groups in total. The molecule has 1 fully saturated rings. The maximum absolute atomic E-state index is 9.50. The van der Waals surface area contributed by atoms with Crippen molar-refractivity contribution in [3.05, 3.63) is 69.8 Å². The van der Waals surface area contributed by atoms with Gasteiger partial charge in [0, 0.05) is 16.4 Å². The summed E-state index contributed by atoms with van der Waals surface area (Å²) < 4.78 is 0. The van der Waals surface area contributed by atoms with E-state index in [1.165, 1.54) is 33.4 Å². The molecule has 1 aliphatic heterocycles. The van der Waals surface area contributed by atoms with E-state index in [1.807, 2.05) is 0 Å². The van der Waals surface area contributed by atoms with Gasteiger partial charge in [0.1, 0.15) is 0 Å². The first-order chi connectivity index (χ1) is 13.4. The van der Waals surface area contributed by atoms with E-state index in [2.05, 4.69) is 88.8 Å². The van der Waals surface area contributed by atoms with Crippen molar-refractivity contribution in [1.82, 2.24) is 0 Å². The van der Waals surface area contributed by atoms with Crippen molar-refractivity contribution in [3.63, 3.8) is 0 Å². The number of thioether (sulfide) groups is 1. The second-order valence-electron chi connectivity index (χ2n) is 8.64. The first-order valence-electron chi connectivity index (χ1n) is 10.7. The van der Waals surface area contributed by atoms with E-state index in [-0.39, 0.29) is 5.92 Å². The molecule has 0 aromatic heterocycles.